The van der Waals surface area contributed by atoms with Crippen molar-refractivity contribution in [1.82, 2.24) is 0 Å². The van der Waals surface area contributed by atoms with Crippen LogP contribution in [-0.4, -0.2) is 11.1 Å². The van der Waals surface area contributed by atoms with E-state index < -0.39 is 11.8 Å². The molecule has 2 rings (SSSR count). The van der Waals surface area contributed by atoms with Gasteiger partial charge in [0.1, 0.15) is 5.82 Å². The standard InChI is InChI=1S/C14H10ClFO2S/c15-11-2-1-3-12(7-11)19-8-10-5-4-9(14(17)18)6-13(10)16/h1-7H,8H2,(H,17,18). The number of aromatic carboxylic acids is 1. The van der Waals surface area contributed by atoms with Gasteiger partial charge in [0.05, 0.1) is 5.56 Å². The number of hydrogen-bond donors (Lipinski definition) is 1. The van der Waals surface area contributed by atoms with Gasteiger partial charge >= 0.3 is 5.97 Å². The van der Waals surface area contributed by atoms with Crippen LogP contribution in [0, 0.1) is 5.82 Å². The fourth-order valence-corrected chi connectivity index (χ4v) is 2.71. The van der Waals surface area contributed by atoms with E-state index in [1.807, 2.05) is 12.1 Å². The quantitative estimate of drug-likeness (QED) is 0.846. The summed E-state index contributed by atoms with van der Waals surface area (Å²) in [7, 11) is 0. The van der Waals surface area contributed by atoms with Crippen LogP contribution in [-0.2, 0) is 5.75 Å². The maximum absolute atomic E-state index is 13.7. The van der Waals surface area contributed by atoms with Gasteiger partial charge in [-0.1, -0.05) is 23.7 Å². The molecule has 0 unspecified atom stereocenters. The molecule has 0 saturated carbocycles. The Morgan fingerprint density at radius 3 is 2.68 bits per heavy atom. The van der Waals surface area contributed by atoms with Crippen molar-refractivity contribution in [2.45, 2.75) is 10.6 Å². The fourth-order valence-electron chi connectivity index (χ4n) is 1.52. The molecule has 0 bridgehead atoms. The average molecular weight is 297 g/mol. The van der Waals surface area contributed by atoms with Gasteiger partial charge in [-0.05, 0) is 35.9 Å². The van der Waals surface area contributed by atoms with Gasteiger partial charge in [0.15, 0.2) is 0 Å². The van der Waals surface area contributed by atoms with Crippen LogP contribution in [0.1, 0.15) is 15.9 Å². The molecule has 19 heavy (non-hydrogen) atoms. The molecule has 2 nitrogen and oxygen atoms in total. The molecular formula is C14H10ClFO2S. The Morgan fingerprint density at radius 1 is 1.26 bits per heavy atom. The first-order chi connectivity index (χ1) is 9.06. The summed E-state index contributed by atoms with van der Waals surface area (Å²) in [5.41, 5.74) is 0.420. The molecule has 1 N–H and O–H groups in total. The van der Waals surface area contributed by atoms with E-state index in [1.165, 1.54) is 23.9 Å². The van der Waals surface area contributed by atoms with E-state index in [1.54, 1.807) is 12.1 Å². The number of halogens is 2. The summed E-state index contributed by atoms with van der Waals surface area (Å²) >= 11 is 7.31. The number of rotatable bonds is 4. The second-order valence-electron chi connectivity index (χ2n) is 3.86. The van der Waals surface area contributed by atoms with Crippen LogP contribution < -0.4 is 0 Å². The van der Waals surface area contributed by atoms with E-state index in [-0.39, 0.29) is 5.56 Å². The molecule has 0 spiro atoms. The second-order valence-corrected chi connectivity index (χ2v) is 5.34. The topological polar surface area (TPSA) is 37.3 Å². The van der Waals surface area contributed by atoms with Crippen molar-refractivity contribution >= 4 is 29.3 Å². The van der Waals surface area contributed by atoms with E-state index in [2.05, 4.69) is 0 Å². The van der Waals surface area contributed by atoms with Gasteiger partial charge in [0.2, 0.25) is 0 Å². The molecule has 2 aromatic carbocycles. The van der Waals surface area contributed by atoms with Crippen LogP contribution in [0.15, 0.2) is 47.4 Å². The molecule has 0 aliphatic rings. The third-order valence-electron chi connectivity index (χ3n) is 2.49. The molecule has 0 amide bonds. The zero-order valence-electron chi connectivity index (χ0n) is 9.77. The van der Waals surface area contributed by atoms with E-state index in [9.17, 15) is 9.18 Å². The fraction of sp³-hybridized carbons (Fsp3) is 0.0714. The maximum atomic E-state index is 13.7. The number of thioether (sulfide) groups is 1. The third kappa shape index (κ3) is 3.72. The van der Waals surface area contributed by atoms with Gasteiger partial charge in [-0.2, -0.15) is 0 Å². The Bertz CT molecular complexity index is 616. The summed E-state index contributed by atoms with van der Waals surface area (Å²) in [6.45, 7) is 0. The molecule has 0 fully saturated rings. The molecule has 0 atom stereocenters. The number of carboxylic acids is 1. The number of benzene rings is 2. The Labute approximate surface area is 119 Å². The van der Waals surface area contributed by atoms with Crippen molar-refractivity contribution in [3.05, 3.63) is 64.4 Å². The highest BCUT2D eigenvalue weighted by molar-refractivity contribution is 7.98. The lowest BCUT2D eigenvalue weighted by Crippen LogP contribution is -1.98. The zero-order valence-corrected chi connectivity index (χ0v) is 11.3. The van der Waals surface area contributed by atoms with Crippen LogP contribution in [0.4, 0.5) is 4.39 Å². The lowest BCUT2D eigenvalue weighted by molar-refractivity contribution is 0.0696. The van der Waals surface area contributed by atoms with Gasteiger partial charge in [-0.3, -0.25) is 0 Å². The summed E-state index contributed by atoms with van der Waals surface area (Å²) in [6, 6.07) is 11.2. The lowest BCUT2D eigenvalue weighted by atomic mass is 10.1. The van der Waals surface area contributed by atoms with Crippen LogP contribution in [0.25, 0.3) is 0 Å². The average Bonchev–Trinajstić information content (AvgIpc) is 2.37. The second kappa shape index (κ2) is 6.08. The van der Waals surface area contributed by atoms with Crippen LogP contribution in [0.2, 0.25) is 5.02 Å². The SMILES string of the molecule is O=C(O)c1ccc(CSc2cccc(Cl)c2)c(F)c1. The Kier molecular flexibility index (Phi) is 4.45. The molecule has 5 heteroatoms. The molecule has 0 saturated heterocycles. The van der Waals surface area contributed by atoms with E-state index >= 15 is 0 Å². The van der Waals surface area contributed by atoms with Crippen LogP contribution in [0.3, 0.4) is 0 Å². The van der Waals surface area contributed by atoms with Crippen molar-refractivity contribution in [3.63, 3.8) is 0 Å². The molecule has 0 aliphatic heterocycles. The molecule has 0 aliphatic carbocycles. The van der Waals surface area contributed by atoms with Gasteiger partial charge in [-0.25, -0.2) is 9.18 Å². The molecule has 2 aromatic rings. The zero-order chi connectivity index (χ0) is 13.8. The first-order valence-corrected chi connectivity index (χ1v) is 6.83. The summed E-state index contributed by atoms with van der Waals surface area (Å²) in [4.78, 5) is 11.6. The van der Waals surface area contributed by atoms with Crippen molar-refractivity contribution in [2.75, 3.05) is 0 Å². The normalized spacial score (nSPS) is 10.4. The van der Waals surface area contributed by atoms with E-state index in [0.29, 0.717) is 16.3 Å². The van der Waals surface area contributed by atoms with E-state index in [0.717, 1.165) is 11.0 Å². The third-order valence-corrected chi connectivity index (χ3v) is 3.77. The molecular weight excluding hydrogens is 287 g/mol. The van der Waals surface area contributed by atoms with Gasteiger partial charge in [0, 0.05) is 15.7 Å². The number of hydrogen-bond acceptors (Lipinski definition) is 2. The summed E-state index contributed by atoms with van der Waals surface area (Å²) in [6.07, 6.45) is 0. The van der Waals surface area contributed by atoms with Crippen molar-refractivity contribution in [2.24, 2.45) is 0 Å². The van der Waals surface area contributed by atoms with Crippen molar-refractivity contribution < 1.29 is 14.3 Å². The summed E-state index contributed by atoms with van der Waals surface area (Å²) < 4.78 is 13.7. The first kappa shape index (κ1) is 13.9. The van der Waals surface area contributed by atoms with Gasteiger partial charge < -0.3 is 5.11 Å². The van der Waals surface area contributed by atoms with E-state index in [4.69, 9.17) is 16.7 Å². The molecule has 0 aromatic heterocycles. The van der Waals surface area contributed by atoms with Crippen LogP contribution >= 0.6 is 23.4 Å². The first-order valence-electron chi connectivity index (χ1n) is 5.46. The predicted octanol–water partition coefficient (Wildman–Crippen LogP) is 4.47. The van der Waals surface area contributed by atoms with Gasteiger partial charge in [-0.15, -0.1) is 11.8 Å². The number of carbonyl (C=O) groups is 1. The summed E-state index contributed by atoms with van der Waals surface area (Å²) in [5.74, 6) is -1.21. The highest BCUT2D eigenvalue weighted by atomic mass is 35.5. The minimum atomic E-state index is -1.13. The predicted molar refractivity (Wildman–Crippen MR) is 74.4 cm³/mol. The Morgan fingerprint density at radius 2 is 2.05 bits per heavy atom. The monoisotopic (exact) mass is 296 g/mol. The number of carboxylic acid groups (broad SMARTS) is 1. The van der Waals surface area contributed by atoms with Crippen LogP contribution in [0.5, 0.6) is 0 Å². The lowest BCUT2D eigenvalue weighted by Gasteiger charge is -2.05. The molecule has 98 valence electrons. The summed E-state index contributed by atoms with van der Waals surface area (Å²) in [5, 5.41) is 9.38. The smallest absolute Gasteiger partial charge is 0.335 e. The minimum absolute atomic E-state index is 0.0472. The maximum Gasteiger partial charge on any atom is 0.335 e. The van der Waals surface area contributed by atoms with Gasteiger partial charge in [0.25, 0.3) is 0 Å². The van der Waals surface area contributed by atoms with Crippen molar-refractivity contribution in [1.29, 1.82) is 0 Å². The minimum Gasteiger partial charge on any atom is -0.478 e. The Balaban J connectivity index is 2.10. The highest BCUT2D eigenvalue weighted by Crippen LogP contribution is 2.26. The molecule has 0 radical (unpaired) electrons. The van der Waals surface area contributed by atoms with Crippen molar-refractivity contribution in [3.8, 4) is 0 Å². The molecule has 0 heterocycles. The Hall–Kier alpha value is -1.52. The largest absolute Gasteiger partial charge is 0.478 e. The highest BCUT2D eigenvalue weighted by Gasteiger charge is 2.08.